The number of carbonyl (C=O) groups is 1. The van der Waals surface area contributed by atoms with E-state index in [1.807, 2.05) is 24.3 Å². The van der Waals surface area contributed by atoms with Gasteiger partial charge in [-0.05, 0) is 60.5 Å². The second-order valence-electron chi connectivity index (χ2n) is 4.35. The van der Waals surface area contributed by atoms with Gasteiger partial charge in [-0.1, -0.05) is 0 Å². The minimum Gasteiger partial charge on any atom is -0.450 e. The molecule has 0 saturated carbocycles. The second-order valence-corrected chi connectivity index (χ2v) is 5.13. The van der Waals surface area contributed by atoms with Gasteiger partial charge in [0.25, 0.3) is 0 Å². The van der Waals surface area contributed by atoms with Crippen molar-refractivity contribution >= 4 is 28.8 Å². The van der Waals surface area contributed by atoms with E-state index in [4.69, 9.17) is 4.74 Å². The normalized spacial score (nSPS) is 11.7. The third-order valence-corrected chi connectivity index (χ3v) is 3.53. The molecule has 0 fully saturated rings. The molecule has 2 N–H and O–H groups in total. The molecule has 2 aromatic rings. The number of ether oxygens (including phenoxy) is 1. The van der Waals surface area contributed by atoms with Crippen LogP contribution in [0, 0.1) is 0 Å². The van der Waals surface area contributed by atoms with E-state index in [2.05, 4.69) is 34.4 Å². The lowest BCUT2D eigenvalue weighted by atomic mass is 10.1. The van der Waals surface area contributed by atoms with Gasteiger partial charge in [0, 0.05) is 17.4 Å². The number of thiophene rings is 1. The Morgan fingerprint density at radius 1 is 1.25 bits per heavy atom. The Hall–Kier alpha value is -2.01. The molecule has 0 saturated heterocycles. The molecule has 0 aliphatic rings. The summed E-state index contributed by atoms with van der Waals surface area (Å²) in [5.41, 5.74) is 3.00. The Bertz CT molecular complexity index is 538. The molecular weight excluding hydrogens is 272 g/mol. The molecule has 0 aliphatic carbocycles. The van der Waals surface area contributed by atoms with E-state index in [9.17, 15) is 4.79 Å². The van der Waals surface area contributed by atoms with Gasteiger partial charge in [-0.3, -0.25) is 5.32 Å². The minimum atomic E-state index is -0.431. The summed E-state index contributed by atoms with van der Waals surface area (Å²) < 4.78 is 4.83. The average Bonchev–Trinajstić information content (AvgIpc) is 2.95. The summed E-state index contributed by atoms with van der Waals surface area (Å²) in [6.07, 6.45) is -0.431. The Morgan fingerprint density at radius 2 is 1.95 bits per heavy atom. The molecule has 1 atom stereocenters. The monoisotopic (exact) mass is 290 g/mol. The summed E-state index contributed by atoms with van der Waals surface area (Å²) in [4.78, 5) is 11.3. The van der Waals surface area contributed by atoms with Crippen molar-refractivity contribution in [2.45, 2.75) is 19.9 Å². The predicted octanol–water partition coefficient (Wildman–Crippen LogP) is 4.49. The van der Waals surface area contributed by atoms with Crippen molar-refractivity contribution in [3.05, 3.63) is 46.7 Å². The maximum Gasteiger partial charge on any atom is 0.411 e. The molecule has 1 amide bonds. The summed E-state index contributed by atoms with van der Waals surface area (Å²) in [7, 11) is 0. The molecule has 0 aliphatic heterocycles. The van der Waals surface area contributed by atoms with Crippen LogP contribution in [0.5, 0.6) is 0 Å². The fraction of sp³-hybridized carbons (Fsp3) is 0.267. The number of hydrogen-bond acceptors (Lipinski definition) is 4. The summed E-state index contributed by atoms with van der Waals surface area (Å²) in [6, 6.07) is 9.93. The number of carbonyl (C=O) groups excluding carboxylic acids is 1. The van der Waals surface area contributed by atoms with Crippen LogP contribution in [-0.4, -0.2) is 12.7 Å². The van der Waals surface area contributed by atoms with Crippen molar-refractivity contribution in [3.8, 4) is 0 Å². The largest absolute Gasteiger partial charge is 0.450 e. The number of amides is 1. The number of rotatable bonds is 5. The molecule has 1 aromatic heterocycles. The summed E-state index contributed by atoms with van der Waals surface area (Å²) >= 11 is 1.69. The van der Waals surface area contributed by atoms with E-state index < -0.39 is 6.09 Å². The number of anilines is 2. The highest BCUT2D eigenvalue weighted by Crippen LogP contribution is 2.22. The van der Waals surface area contributed by atoms with Gasteiger partial charge in [0.2, 0.25) is 0 Å². The number of hydrogen-bond donors (Lipinski definition) is 2. The fourth-order valence-corrected chi connectivity index (χ4v) is 2.54. The smallest absolute Gasteiger partial charge is 0.411 e. The highest BCUT2D eigenvalue weighted by atomic mass is 32.1. The summed E-state index contributed by atoms with van der Waals surface area (Å²) in [5, 5.41) is 10.3. The van der Waals surface area contributed by atoms with Crippen LogP contribution >= 0.6 is 11.3 Å². The van der Waals surface area contributed by atoms with Crippen molar-refractivity contribution in [3.63, 3.8) is 0 Å². The molecule has 20 heavy (non-hydrogen) atoms. The van der Waals surface area contributed by atoms with Crippen LogP contribution in [0.4, 0.5) is 16.2 Å². The first kappa shape index (κ1) is 14.4. The van der Waals surface area contributed by atoms with E-state index in [1.54, 1.807) is 18.3 Å². The molecule has 2 rings (SSSR count). The van der Waals surface area contributed by atoms with Gasteiger partial charge in [0.15, 0.2) is 0 Å². The molecule has 5 heteroatoms. The van der Waals surface area contributed by atoms with E-state index in [0.717, 1.165) is 11.4 Å². The zero-order chi connectivity index (χ0) is 14.4. The first-order valence-electron chi connectivity index (χ1n) is 6.51. The van der Waals surface area contributed by atoms with Crippen LogP contribution in [0.15, 0.2) is 41.1 Å². The Labute approximate surface area is 122 Å². The van der Waals surface area contributed by atoms with Crippen LogP contribution in [-0.2, 0) is 4.74 Å². The third kappa shape index (κ3) is 3.99. The summed E-state index contributed by atoms with van der Waals surface area (Å²) in [5.74, 6) is 0. The second kappa shape index (κ2) is 6.96. The van der Waals surface area contributed by atoms with Gasteiger partial charge in [-0.2, -0.15) is 11.3 Å². The molecule has 106 valence electrons. The van der Waals surface area contributed by atoms with Crippen LogP contribution in [0.1, 0.15) is 25.5 Å². The minimum absolute atomic E-state index is 0.255. The lowest BCUT2D eigenvalue weighted by molar-refractivity contribution is 0.168. The number of nitrogens with one attached hydrogen (secondary N) is 2. The van der Waals surface area contributed by atoms with Crippen molar-refractivity contribution in [1.29, 1.82) is 0 Å². The maximum absolute atomic E-state index is 11.3. The molecular formula is C15H18N2O2S. The van der Waals surface area contributed by atoms with Crippen LogP contribution < -0.4 is 10.6 Å². The first-order chi connectivity index (χ1) is 9.69. The first-order valence-corrected chi connectivity index (χ1v) is 7.45. The molecule has 0 spiro atoms. The average molecular weight is 290 g/mol. The highest BCUT2D eigenvalue weighted by molar-refractivity contribution is 7.07. The Morgan fingerprint density at radius 3 is 2.55 bits per heavy atom. The molecule has 1 heterocycles. The van der Waals surface area contributed by atoms with Crippen LogP contribution in [0.25, 0.3) is 0 Å². The molecule has 4 nitrogen and oxygen atoms in total. The Kier molecular flexibility index (Phi) is 5.01. The van der Waals surface area contributed by atoms with Gasteiger partial charge < -0.3 is 10.1 Å². The summed E-state index contributed by atoms with van der Waals surface area (Å²) in [6.45, 7) is 4.26. The fourth-order valence-electron chi connectivity index (χ4n) is 1.79. The SMILES string of the molecule is CCOC(=O)Nc1ccc(NC(C)c2ccsc2)cc1. The molecule has 1 unspecified atom stereocenters. The maximum atomic E-state index is 11.3. The van der Waals surface area contributed by atoms with Crippen molar-refractivity contribution in [2.24, 2.45) is 0 Å². The van der Waals surface area contributed by atoms with E-state index >= 15 is 0 Å². The van der Waals surface area contributed by atoms with E-state index in [1.165, 1.54) is 5.56 Å². The topological polar surface area (TPSA) is 50.4 Å². The van der Waals surface area contributed by atoms with Crippen LogP contribution in [0.3, 0.4) is 0 Å². The molecule has 1 aromatic carbocycles. The van der Waals surface area contributed by atoms with Crippen LogP contribution in [0.2, 0.25) is 0 Å². The van der Waals surface area contributed by atoms with Crippen molar-refractivity contribution in [2.75, 3.05) is 17.2 Å². The lowest BCUT2D eigenvalue weighted by Gasteiger charge is -2.14. The number of benzene rings is 1. The standard InChI is InChI=1S/C15H18N2O2S/c1-3-19-15(18)17-14-6-4-13(5-7-14)16-11(2)12-8-9-20-10-12/h4-11,16H,3H2,1-2H3,(H,17,18). The van der Waals surface area contributed by atoms with E-state index in [0.29, 0.717) is 6.61 Å². The van der Waals surface area contributed by atoms with Gasteiger partial charge in [0.1, 0.15) is 0 Å². The Balaban J connectivity index is 1.93. The third-order valence-electron chi connectivity index (χ3n) is 2.83. The lowest BCUT2D eigenvalue weighted by Crippen LogP contribution is -2.13. The van der Waals surface area contributed by atoms with Crippen molar-refractivity contribution in [1.82, 2.24) is 0 Å². The molecule has 0 bridgehead atoms. The van der Waals surface area contributed by atoms with Crippen molar-refractivity contribution < 1.29 is 9.53 Å². The zero-order valence-electron chi connectivity index (χ0n) is 11.6. The predicted molar refractivity (Wildman–Crippen MR) is 83.4 cm³/mol. The van der Waals surface area contributed by atoms with Gasteiger partial charge in [-0.25, -0.2) is 4.79 Å². The van der Waals surface area contributed by atoms with E-state index in [-0.39, 0.29) is 6.04 Å². The molecule has 0 radical (unpaired) electrons. The van der Waals surface area contributed by atoms with Gasteiger partial charge >= 0.3 is 6.09 Å². The highest BCUT2D eigenvalue weighted by Gasteiger charge is 2.06. The van der Waals surface area contributed by atoms with Gasteiger partial charge in [0.05, 0.1) is 6.61 Å². The van der Waals surface area contributed by atoms with Gasteiger partial charge in [-0.15, -0.1) is 0 Å². The quantitative estimate of drug-likeness (QED) is 0.853. The zero-order valence-corrected chi connectivity index (χ0v) is 12.4.